The van der Waals surface area contributed by atoms with E-state index >= 15 is 0 Å². The maximum atomic E-state index is 3.95. The Morgan fingerprint density at radius 1 is 1.07 bits per heavy atom. The molecular weight excluding hydrogens is 184 g/mol. The minimum absolute atomic E-state index is 0.315. The first kappa shape index (κ1) is 8.23. The molecule has 0 bridgehead atoms. The van der Waals surface area contributed by atoms with Crippen LogP contribution in [0.3, 0.4) is 0 Å². The van der Waals surface area contributed by atoms with Gasteiger partial charge in [0.2, 0.25) is 11.6 Å². The molecule has 0 spiro atoms. The summed E-state index contributed by atoms with van der Waals surface area (Å²) in [7, 11) is 0. The summed E-state index contributed by atoms with van der Waals surface area (Å²) in [5, 5.41) is 22.2. The number of rotatable bonds is 3. The molecule has 0 saturated heterocycles. The van der Waals surface area contributed by atoms with E-state index in [0.29, 0.717) is 11.6 Å². The minimum Gasteiger partial charge on any atom is -0.198 e. The lowest BCUT2D eigenvalue weighted by Crippen LogP contribution is -1.95. The molecule has 2 rings (SSSR count). The molecule has 2 aromatic rings. The van der Waals surface area contributed by atoms with Crippen LogP contribution in [0.15, 0.2) is 13.2 Å². The van der Waals surface area contributed by atoms with Crippen LogP contribution in [0, 0.1) is 0 Å². The number of tetrazole rings is 2. The first-order valence-corrected chi connectivity index (χ1v) is 3.68. The van der Waals surface area contributed by atoms with Gasteiger partial charge >= 0.3 is 0 Å². The third-order valence-corrected chi connectivity index (χ3v) is 1.46. The molecule has 0 aliphatic carbocycles. The largest absolute Gasteiger partial charge is 0.244 e. The van der Waals surface area contributed by atoms with Crippen molar-refractivity contribution < 1.29 is 0 Å². The van der Waals surface area contributed by atoms with Crippen molar-refractivity contribution in [2.24, 2.45) is 0 Å². The van der Waals surface area contributed by atoms with Gasteiger partial charge in [0.15, 0.2) is 0 Å². The second-order valence-corrected chi connectivity index (χ2v) is 2.25. The highest BCUT2D eigenvalue weighted by Gasteiger charge is 2.11. The molecule has 0 aromatic carbocycles. The van der Waals surface area contributed by atoms with E-state index in [-0.39, 0.29) is 0 Å². The van der Waals surface area contributed by atoms with Gasteiger partial charge in [-0.1, -0.05) is 13.2 Å². The van der Waals surface area contributed by atoms with Crippen LogP contribution in [0.5, 0.6) is 0 Å². The van der Waals surface area contributed by atoms with Crippen molar-refractivity contribution in [3.8, 4) is 11.6 Å². The Kier molecular flexibility index (Phi) is 1.86. The number of hydrogen-bond donors (Lipinski definition) is 0. The van der Waals surface area contributed by atoms with Gasteiger partial charge in [-0.05, 0) is 15.6 Å². The molecule has 0 fully saturated rings. The third kappa shape index (κ3) is 1.18. The Morgan fingerprint density at radius 2 is 1.93 bits per heavy atom. The van der Waals surface area contributed by atoms with Gasteiger partial charge in [0.25, 0.3) is 0 Å². The second kappa shape index (κ2) is 3.17. The lowest BCUT2D eigenvalue weighted by atomic mass is 10.6. The summed E-state index contributed by atoms with van der Waals surface area (Å²) in [6.45, 7) is 7.02. The van der Waals surface area contributed by atoms with E-state index in [2.05, 4.69) is 44.1 Å². The molecule has 0 atom stereocenters. The summed E-state index contributed by atoms with van der Waals surface area (Å²) in [4.78, 5) is 1.22. The normalized spacial score (nSPS) is 10.0. The van der Waals surface area contributed by atoms with Gasteiger partial charge in [-0.15, -0.1) is 20.1 Å². The van der Waals surface area contributed by atoms with E-state index in [1.807, 2.05) is 0 Å². The highest BCUT2D eigenvalue weighted by molar-refractivity contribution is 5.44. The number of hydrogen-bond acceptors (Lipinski definition) is 6. The predicted octanol–water partition coefficient (Wildman–Crippen LogP) is -0.472. The standard InChI is InChI=1S/C6H6N8/c1-3-13-6(8-10-12-13)5-7-11-14(4-2)9-5/h3-4H,1-2H2. The average molecular weight is 190 g/mol. The van der Waals surface area contributed by atoms with E-state index in [0.717, 1.165) is 0 Å². The van der Waals surface area contributed by atoms with Gasteiger partial charge in [0, 0.05) is 12.4 Å². The van der Waals surface area contributed by atoms with Crippen molar-refractivity contribution in [3.05, 3.63) is 13.2 Å². The number of nitrogens with zero attached hydrogens (tertiary/aromatic N) is 8. The molecule has 8 nitrogen and oxygen atoms in total. The number of aromatic nitrogens is 8. The Labute approximate surface area is 78.5 Å². The molecule has 2 heterocycles. The zero-order valence-electron chi connectivity index (χ0n) is 7.15. The maximum Gasteiger partial charge on any atom is 0.244 e. The van der Waals surface area contributed by atoms with E-state index < -0.39 is 0 Å². The fourth-order valence-corrected chi connectivity index (χ4v) is 0.856. The lowest BCUT2D eigenvalue weighted by Gasteiger charge is -1.89. The molecule has 0 amide bonds. The van der Waals surface area contributed by atoms with E-state index in [9.17, 15) is 0 Å². The van der Waals surface area contributed by atoms with E-state index in [1.165, 1.54) is 21.9 Å². The molecule has 70 valence electrons. The second-order valence-electron chi connectivity index (χ2n) is 2.25. The Balaban J connectivity index is 2.48. The summed E-state index contributed by atoms with van der Waals surface area (Å²) in [6, 6.07) is 0. The van der Waals surface area contributed by atoms with Crippen molar-refractivity contribution in [3.63, 3.8) is 0 Å². The third-order valence-electron chi connectivity index (χ3n) is 1.46. The van der Waals surface area contributed by atoms with Gasteiger partial charge in [-0.2, -0.15) is 4.68 Å². The zero-order chi connectivity index (χ0) is 9.97. The highest BCUT2D eigenvalue weighted by Crippen LogP contribution is 2.07. The van der Waals surface area contributed by atoms with Crippen molar-refractivity contribution >= 4 is 12.4 Å². The SMILES string of the molecule is C=Cn1nnc(-c2nnnn2C=C)n1. The monoisotopic (exact) mass is 190 g/mol. The maximum absolute atomic E-state index is 3.95. The van der Waals surface area contributed by atoms with Crippen LogP contribution in [0.25, 0.3) is 24.0 Å². The molecule has 14 heavy (non-hydrogen) atoms. The molecule has 0 aliphatic heterocycles. The summed E-state index contributed by atoms with van der Waals surface area (Å²) >= 11 is 0. The van der Waals surface area contributed by atoms with Crippen LogP contribution >= 0.6 is 0 Å². The van der Waals surface area contributed by atoms with Crippen molar-refractivity contribution in [2.75, 3.05) is 0 Å². The van der Waals surface area contributed by atoms with Gasteiger partial charge in [0.05, 0.1) is 0 Å². The fraction of sp³-hybridized carbons (Fsp3) is 0. The van der Waals surface area contributed by atoms with Crippen molar-refractivity contribution in [2.45, 2.75) is 0 Å². The zero-order valence-corrected chi connectivity index (χ0v) is 7.15. The summed E-state index contributed by atoms with van der Waals surface area (Å²) in [6.07, 6.45) is 2.86. The van der Waals surface area contributed by atoms with Crippen LogP contribution in [-0.2, 0) is 0 Å². The van der Waals surface area contributed by atoms with Crippen LogP contribution in [0.4, 0.5) is 0 Å². The molecule has 0 radical (unpaired) electrons. The van der Waals surface area contributed by atoms with Crippen molar-refractivity contribution in [1.82, 2.24) is 40.4 Å². The molecule has 0 aliphatic rings. The highest BCUT2D eigenvalue weighted by atomic mass is 15.6. The van der Waals surface area contributed by atoms with E-state index in [1.54, 1.807) is 0 Å². The van der Waals surface area contributed by atoms with Crippen LogP contribution in [0.2, 0.25) is 0 Å². The van der Waals surface area contributed by atoms with Crippen LogP contribution in [-0.4, -0.2) is 40.4 Å². The topological polar surface area (TPSA) is 87.2 Å². The molecule has 0 N–H and O–H groups in total. The molecule has 2 aromatic heterocycles. The molecule has 0 unspecified atom stereocenters. The van der Waals surface area contributed by atoms with E-state index in [4.69, 9.17) is 0 Å². The smallest absolute Gasteiger partial charge is 0.198 e. The summed E-state index contributed by atoms with van der Waals surface area (Å²) < 4.78 is 1.35. The Hall–Kier alpha value is -2.38. The average Bonchev–Trinajstić information content (AvgIpc) is 2.85. The fourth-order valence-electron chi connectivity index (χ4n) is 0.856. The van der Waals surface area contributed by atoms with Crippen LogP contribution in [0.1, 0.15) is 0 Å². The first-order valence-electron chi connectivity index (χ1n) is 3.68. The first-order chi connectivity index (χ1) is 6.85. The Morgan fingerprint density at radius 3 is 2.57 bits per heavy atom. The lowest BCUT2D eigenvalue weighted by molar-refractivity contribution is 0.760. The van der Waals surface area contributed by atoms with Crippen LogP contribution < -0.4 is 0 Å². The summed E-state index contributed by atoms with van der Waals surface area (Å²) in [5.41, 5.74) is 0. The predicted molar refractivity (Wildman–Crippen MR) is 47.4 cm³/mol. The molecule has 8 heteroatoms. The Bertz CT molecular complexity index is 466. The minimum atomic E-state index is 0.315. The van der Waals surface area contributed by atoms with Gasteiger partial charge in [-0.25, -0.2) is 0 Å². The van der Waals surface area contributed by atoms with Crippen molar-refractivity contribution in [1.29, 1.82) is 0 Å². The quantitative estimate of drug-likeness (QED) is 0.650. The summed E-state index contributed by atoms with van der Waals surface area (Å²) in [5.74, 6) is 0.697. The molecular formula is C6H6N8. The molecule has 0 saturated carbocycles. The van der Waals surface area contributed by atoms with Gasteiger partial charge in [-0.3, -0.25) is 0 Å². The van der Waals surface area contributed by atoms with Gasteiger partial charge < -0.3 is 0 Å². The van der Waals surface area contributed by atoms with Gasteiger partial charge in [0.1, 0.15) is 0 Å².